The highest BCUT2D eigenvalue weighted by atomic mass is 16.6. The summed E-state index contributed by atoms with van der Waals surface area (Å²) in [5, 5.41) is 10.4. The molecule has 1 heterocycles. The maximum atomic E-state index is 11.5. The van der Waals surface area contributed by atoms with E-state index in [9.17, 15) is 9.90 Å². The van der Waals surface area contributed by atoms with Gasteiger partial charge in [-0.05, 0) is 19.8 Å². The number of hydrogen-bond acceptors (Lipinski definition) is 3. The summed E-state index contributed by atoms with van der Waals surface area (Å²) in [7, 11) is 0. The van der Waals surface area contributed by atoms with E-state index in [1.54, 1.807) is 0 Å². The Kier molecular flexibility index (Phi) is 2.52. The van der Waals surface area contributed by atoms with E-state index in [1.807, 2.05) is 6.92 Å². The van der Waals surface area contributed by atoms with Gasteiger partial charge in [0.25, 0.3) is 0 Å². The van der Waals surface area contributed by atoms with Gasteiger partial charge in [-0.3, -0.25) is 4.79 Å². The summed E-state index contributed by atoms with van der Waals surface area (Å²) in [6.07, 6.45) is 5.45. The number of esters is 1. The maximum absolute atomic E-state index is 11.5. The third-order valence-electron chi connectivity index (χ3n) is 3.54. The Morgan fingerprint density at radius 2 is 2.00 bits per heavy atom. The van der Waals surface area contributed by atoms with Crippen LogP contribution in [0, 0.1) is 5.92 Å². The number of ether oxygens (including phenoxy) is 1. The molecule has 2 unspecified atom stereocenters. The van der Waals surface area contributed by atoms with Crippen molar-refractivity contribution in [2.45, 2.75) is 57.2 Å². The lowest BCUT2D eigenvalue weighted by atomic mass is 9.74. The molecule has 0 radical (unpaired) electrons. The van der Waals surface area contributed by atoms with E-state index < -0.39 is 5.60 Å². The van der Waals surface area contributed by atoms with Crippen molar-refractivity contribution in [3.63, 3.8) is 0 Å². The summed E-state index contributed by atoms with van der Waals surface area (Å²) in [4.78, 5) is 11.5. The monoisotopic (exact) mass is 198 g/mol. The molecular weight excluding hydrogens is 180 g/mol. The average molecular weight is 198 g/mol. The first-order valence-electron chi connectivity index (χ1n) is 5.55. The Morgan fingerprint density at radius 3 is 2.50 bits per heavy atom. The number of cyclic esters (lactones) is 1. The molecule has 0 aromatic heterocycles. The topological polar surface area (TPSA) is 46.5 Å². The van der Waals surface area contributed by atoms with E-state index >= 15 is 0 Å². The fourth-order valence-corrected chi connectivity index (χ4v) is 2.71. The molecule has 2 aliphatic rings. The Morgan fingerprint density at radius 1 is 1.36 bits per heavy atom. The molecule has 2 fully saturated rings. The third-order valence-corrected chi connectivity index (χ3v) is 3.54. The van der Waals surface area contributed by atoms with Crippen molar-refractivity contribution in [1.82, 2.24) is 0 Å². The Balaban J connectivity index is 2.09. The van der Waals surface area contributed by atoms with Crippen LogP contribution in [0.4, 0.5) is 0 Å². The molecule has 0 aromatic rings. The van der Waals surface area contributed by atoms with Crippen molar-refractivity contribution < 1.29 is 14.6 Å². The third kappa shape index (κ3) is 1.65. The smallest absolute Gasteiger partial charge is 0.312 e. The summed E-state index contributed by atoms with van der Waals surface area (Å²) < 4.78 is 5.09. The zero-order valence-corrected chi connectivity index (χ0v) is 8.66. The van der Waals surface area contributed by atoms with Crippen LogP contribution in [0.5, 0.6) is 0 Å². The van der Waals surface area contributed by atoms with Gasteiger partial charge in [0.05, 0.1) is 17.6 Å². The van der Waals surface area contributed by atoms with E-state index in [1.165, 1.54) is 6.42 Å². The zero-order chi connectivity index (χ0) is 10.2. The van der Waals surface area contributed by atoms with E-state index in [0.29, 0.717) is 6.42 Å². The van der Waals surface area contributed by atoms with Crippen molar-refractivity contribution in [3.05, 3.63) is 0 Å². The highest BCUT2D eigenvalue weighted by Crippen LogP contribution is 2.40. The Hall–Kier alpha value is -0.570. The second-order valence-corrected chi connectivity index (χ2v) is 4.70. The lowest BCUT2D eigenvalue weighted by Crippen LogP contribution is -2.42. The van der Waals surface area contributed by atoms with Crippen molar-refractivity contribution in [2.24, 2.45) is 5.92 Å². The molecule has 0 aromatic carbocycles. The minimum absolute atomic E-state index is 0.0153. The van der Waals surface area contributed by atoms with E-state index in [2.05, 4.69) is 0 Å². The second kappa shape index (κ2) is 3.54. The number of carbonyl (C=O) groups is 1. The van der Waals surface area contributed by atoms with Gasteiger partial charge in [-0.15, -0.1) is 0 Å². The number of rotatable bonds is 1. The predicted octanol–water partition coefficient (Wildman–Crippen LogP) is 1.63. The first kappa shape index (κ1) is 9.97. The SMILES string of the molecule is CC1CC(C2(O)CCCCC2)C(=O)O1. The van der Waals surface area contributed by atoms with Crippen molar-refractivity contribution in [2.75, 3.05) is 0 Å². The van der Waals surface area contributed by atoms with E-state index in [-0.39, 0.29) is 18.0 Å². The van der Waals surface area contributed by atoms with E-state index in [0.717, 1.165) is 25.7 Å². The number of carbonyl (C=O) groups excluding carboxylic acids is 1. The summed E-state index contributed by atoms with van der Waals surface area (Å²) >= 11 is 0. The van der Waals surface area contributed by atoms with Crippen molar-refractivity contribution in [1.29, 1.82) is 0 Å². The Bertz CT molecular complexity index is 231. The first-order chi connectivity index (χ1) is 6.62. The van der Waals surface area contributed by atoms with Crippen LogP contribution in [-0.4, -0.2) is 22.8 Å². The largest absolute Gasteiger partial charge is 0.462 e. The molecule has 14 heavy (non-hydrogen) atoms. The van der Waals surface area contributed by atoms with Gasteiger partial charge >= 0.3 is 5.97 Å². The van der Waals surface area contributed by atoms with Crippen LogP contribution >= 0.6 is 0 Å². The lowest BCUT2D eigenvalue weighted by Gasteiger charge is -2.35. The average Bonchev–Trinajstić information content (AvgIpc) is 2.47. The van der Waals surface area contributed by atoms with E-state index in [4.69, 9.17) is 4.74 Å². The van der Waals surface area contributed by atoms with Crippen molar-refractivity contribution >= 4 is 5.97 Å². The van der Waals surface area contributed by atoms with Gasteiger partial charge in [0.2, 0.25) is 0 Å². The normalized spacial score (nSPS) is 36.9. The molecule has 1 aliphatic carbocycles. The highest BCUT2D eigenvalue weighted by Gasteiger charge is 2.47. The molecule has 3 heteroatoms. The molecule has 2 atom stereocenters. The van der Waals surface area contributed by atoms with Crippen LogP contribution in [-0.2, 0) is 9.53 Å². The molecule has 1 N–H and O–H groups in total. The fraction of sp³-hybridized carbons (Fsp3) is 0.909. The molecule has 0 spiro atoms. The lowest BCUT2D eigenvalue weighted by molar-refractivity contribution is -0.152. The number of aliphatic hydroxyl groups is 1. The maximum Gasteiger partial charge on any atom is 0.312 e. The Labute approximate surface area is 84.4 Å². The standard InChI is InChI=1S/C11H18O3/c1-8-7-9(10(12)14-8)11(13)5-3-2-4-6-11/h8-9,13H,2-7H2,1H3. The first-order valence-corrected chi connectivity index (χ1v) is 5.55. The highest BCUT2D eigenvalue weighted by molar-refractivity contribution is 5.76. The van der Waals surface area contributed by atoms with Gasteiger partial charge in [-0.2, -0.15) is 0 Å². The van der Waals surface area contributed by atoms with Crippen LogP contribution in [0.2, 0.25) is 0 Å². The fourth-order valence-electron chi connectivity index (χ4n) is 2.71. The van der Waals surface area contributed by atoms with Gasteiger partial charge in [-0.25, -0.2) is 0 Å². The second-order valence-electron chi connectivity index (χ2n) is 4.70. The van der Waals surface area contributed by atoms with Gasteiger partial charge in [0, 0.05) is 6.42 Å². The number of hydrogen-bond donors (Lipinski definition) is 1. The summed E-state index contributed by atoms with van der Waals surface area (Å²) in [5.41, 5.74) is -0.764. The van der Waals surface area contributed by atoms with Crippen LogP contribution in [0.25, 0.3) is 0 Å². The molecule has 0 amide bonds. The van der Waals surface area contributed by atoms with Crippen molar-refractivity contribution in [3.8, 4) is 0 Å². The minimum atomic E-state index is -0.764. The summed E-state index contributed by atoms with van der Waals surface area (Å²) in [6.45, 7) is 1.89. The zero-order valence-electron chi connectivity index (χ0n) is 8.66. The quantitative estimate of drug-likeness (QED) is 0.651. The molecule has 3 nitrogen and oxygen atoms in total. The van der Waals surface area contributed by atoms with Gasteiger partial charge < -0.3 is 9.84 Å². The van der Waals surface area contributed by atoms with Crippen LogP contribution in [0.1, 0.15) is 45.4 Å². The van der Waals surface area contributed by atoms with Gasteiger partial charge in [0.1, 0.15) is 0 Å². The van der Waals surface area contributed by atoms with Gasteiger partial charge in [0.15, 0.2) is 0 Å². The minimum Gasteiger partial charge on any atom is -0.462 e. The van der Waals surface area contributed by atoms with Gasteiger partial charge in [-0.1, -0.05) is 19.3 Å². The molecule has 2 rings (SSSR count). The summed E-state index contributed by atoms with van der Waals surface area (Å²) in [6, 6.07) is 0. The molecule has 1 saturated carbocycles. The molecule has 1 aliphatic heterocycles. The molecular formula is C11H18O3. The molecule has 0 bridgehead atoms. The van der Waals surface area contributed by atoms with Crippen LogP contribution in [0.15, 0.2) is 0 Å². The summed E-state index contributed by atoms with van der Waals surface area (Å²) in [5.74, 6) is -0.459. The molecule has 80 valence electrons. The van der Waals surface area contributed by atoms with Crippen LogP contribution in [0.3, 0.4) is 0 Å². The van der Waals surface area contributed by atoms with Crippen LogP contribution < -0.4 is 0 Å². The predicted molar refractivity (Wildman–Crippen MR) is 51.7 cm³/mol. The molecule has 1 saturated heterocycles.